The second-order valence-corrected chi connectivity index (χ2v) is 6.34. The third kappa shape index (κ3) is 5.50. The number of anilines is 1. The van der Waals surface area contributed by atoms with Crippen LogP contribution in [0.15, 0.2) is 89.5 Å². The first-order chi connectivity index (χ1) is 12.7. The van der Waals surface area contributed by atoms with Gasteiger partial charge in [-0.15, -0.1) is 0 Å². The Kier molecular flexibility index (Phi) is 6.06. The molecule has 0 aliphatic carbocycles. The molecule has 3 rings (SSSR count). The summed E-state index contributed by atoms with van der Waals surface area (Å²) in [7, 11) is 0. The number of hydrogen-bond donors (Lipinski definition) is 2. The lowest BCUT2D eigenvalue weighted by atomic mass is 10.2. The van der Waals surface area contributed by atoms with Crippen molar-refractivity contribution in [1.29, 1.82) is 0 Å². The lowest BCUT2D eigenvalue weighted by Gasteiger charge is -2.08. The Balaban J connectivity index is 1.51. The summed E-state index contributed by atoms with van der Waals surface area (Å²) in [6, 6.07) is 24.2. The predicted octanol–water partition coefficient (Wildman–Crippen LogP) is 6.03. The number of para-hydroxylation sites is 1. The van der Waals surface area contributed by atoms with Crippen LogP contribution in [0.2, 0.25) is 0 Å². The van der Waals surface area contributed by atoms with Gasteiger partial charge in [0, 0.05) is 16.4 Å². The summed E-state index contributed by atoms with van der Waals surface area (Å²) in [6.07, 6.45) is 3.42. The molecular formula is C21H17BrN2O2. The third-order valence-electron chi connectivity index (χ3n) is 3.43. The summed E-state index contributed by atoms with van der Waals surface area (Å²) in [5.74, 6) is 1.47. The maximum Gasteiger partial charge on any atom is 0.323 e. The van der Waals surface area contributed by atoms with Crippen LogP contribution in [0.3, 0.4) is 0 Å². The van der Waals surface area contributed by atoms with Gasteiger partial charge in [0.05, 0.1) is 0 Å². The van der Waals surface area contributed by atoms with Crippen LogP contribution in [-0.2, 0) is 0 Å². The SMILES string of the molecule is O=C(N/C=C/c1cccc(Br)c1)Nc1ccc(Oc2ccccc2)cc1. The van der Waals surface area contributed by atoms with Crippen LogP contribution in [0, 0.1) is 0 Å². The van der Waals surface area contributed by atoms with Crippen molar-refractivity contribution in [2.24, 2.45) is 0 Å². The van der Waals surface area contributed by atoms with E-state index in [1.807, 2.05) is 60.7 Å². The maximum atomic E-state index is 11.9. The minimum Gasteiger partial charge on any atom is -0.457 e. The van der Waals surface area contributed by atoms with Crippen LogP contribution in [0.25, 0.3) is 6.08 Å². The van der Waals surface area contributed by atoms with Crippen LogP contribution >= 0.6 is 15.9 Å². The molecule has 0 unspecified atom stereocenters. The highest BCUT2D eigenvalue weighted by atomic mass is 79.9. The van der Waals surface area contributed by atoms with Gasteiger partial charge in [0.2, 0.25) is 0 Å². The van der Waals surface area contributed by atoms with E-state index in [0.717, 1.165) is 15.8 Å². The lowest BCUT2D eigenvalue weighted by Crippen LogP contribution is -2.23. The molecule has 0 aliphatic rings. The molecule has 2 amide bonds. The molecule has 4 nitrogen and oxygen atoms in total. The van der Waals surface area contributed by atoms with E-state index in [1.54, 1.807) is 30.5 Å². The van der Waals surface area contributed by atoms with E-state index in [9.17, 15) is 4.79 Å². The number of amides is 2. The average molecular weight is 409 g/mol. The summed E-state index contributed by atoms with van der Waals surface area (Å²) < 4.78 is 6.71. The van der Waals surface area contributed by atoms with E-state index in [0.29, 0.717) is 11.4 Å². The minimum atomic E-state index is -0.312. The van der Waals surface area contributed by atoms with Gasteiger partial charge in [0.1, 0.15) is 11.5 Å². The van der Waals surface area contributed by atoms with E-state index in [2.05, 4.69) is 26.6 Å². The molecule has 0 spiro atoms. The number of urea groups is 1. The molecule has 0 aliphatic heterocycles. The molecule has 5 heteroatoms. The highest BCUT2D eigenvalue weighted by molar-refractivity contribution is 9.10. The van der Waals surface area contributed by atoms with Crippen molar-refractivity contribution in [2.45, 2.75) is 0 Å². The van der Waals surface area contributed by atoms with Gasteiger partial charge in [-0.05, 0) is 60.2 Å². The molecule has 0 atom stereocenters. The summed E-state index contributed by atoms with van der Waals surface area (Å²) >= 11 is 3.41. The first-order valence-corrected chi connectivity index (χ1v) is 8.81. The molecule has 0 saturated heterocycles. The number of ether oxygens (including phenoxy) is 1. The first kappa shape index (κ1) is 17.8. The van der Waals surface area contributed by atoms with E-state index in [1.165, 1.54) is 0 Å². The second-order valence-electron chi connectivity index (χ2n) is 5.43. The van der Waals surface area contributed by atoms with Gasteiger partial charge in [0.25, 0.3) is 0 Å². The number of benzene rings is 3. The zero-order valence-electron chi connectivity index (χ0n) is 13.9. The van der Waals surface area contributed by atoms with Crippen LogP contribution in [0.1, 0.15) is 5.56 Å². The molecular weight excluding hydrogens is 392 g/mol. The number of carbonyl (C=O) groups excluding carboxylic acids is 1. The fourth-order valence-corrected chi connectivity index (χ4v) is 2.64. The van der Waals surface area contributed by atoms with E-state index >= 15 is 0 Å². The topological polar surface area (TPSA) is 50.4 Å². The minimum absolute atomic E-state index is 0.312. The van der Waals surface area contributed by atoms with Crippen LogP contribution < -0.4 is 15.4 Å². The number of rotatable bonds is 5. The van der Waals surface area contributed by atoms with E-state index in [-0.39, 0.29) is 6.03 Å². The van der Waals surface area contributed by atoms with Crippen molar-refractivity contribution in [3.05, 3.63) is 95.1 Å². The van der Waals surface area contributed by atoms with Crippen molar-refractivity contribution in [1.82, 2.24) is 5.32 Å². The van der Waals surface area contributed by atoms with Gasteiger partial charge in [-0.2, -0.15) is 0 Å². The molecule has 130 valence electrons. The van der Waals surface area contributed by atoms with Gasteiger partial charge in [-0.3, -0.25) is 0 Å². The molecule has 0 heterocycles. The number of nitrogens with one attached hydrogen (secondary N) is 2. The Morgan fingerprint density at radius 1 is 0.885 bits per heavy atom. The first-order valence-electron chi connectivity index (χ1n) is 8.02. The van der Waals surface area contributed by atoms with Crippen molar-refractivity contribution >= 4 is 33.7 Å². The molecule has 3 aromatic rings. The summed E-state index contributed by atoms with van der Waals surface area (Å²) in [5, 5.41) is 5.44. The highest BCUT2D eigenvalue weighted by Crippen LogP contribution is 2.22. The molecule has 0 aromatic heterocycles. The molecule has 0 bridgehead atoms. The normalized spacial score (nSPS) is 10.5. The fourth-order valence-electron chi connectivity index (χ4n) is 2.22. The average Bonchev–Trinajstić information content (AvgIpc) is 2.64. The number of hydrogen-bond acceptors (Lipinski definition) is 2. The Morgan fingerprint density at radius 2 is 1.62 bits per heavy atom. The van der Waals surface area contributed by atoms with Gasteiger partial charge in [0.15, 0.2) is 0 Å². The zero-order chi connectivity index (χ0) is 18.2. The number of carbonyl (C=O) groups is 1. The molecule has 2 N–H and O–H groups in total. The maximum absolute atomic E-state index is 11.9. The number of halogens is 1. The van der Waals surface area contributed by atoms with Crippen molar-refractivity contribution < 1.29 is 9.53 Å². The highest BCUT2D eigenvalue weighted by Gasteiger charge is 2.01. The lowest BCUT2D eigenvalue weighted by molar-refractivity contribution is 0.255. The van der Waals surface area contributed by atoms with Crippen LogP contribution in [0.4, 0.5) is 10.5 Å². The largest absolute Gasteiger partial charge is 0.457 e. The summed E-state index contributed by atoms with van der Waals surface area (Å²) in [6.45, 7) is 0. The van der Waals surface area contributed by atoms with Gasteiger partial charge in [-0.1, -0.05) is 46.3 Å². The van der Waals surface area contributed by atoms with E-state index < -0.39 is 0 Å². The predicted molar refractivity (Wildman–Crippen MR) is 108 cm³/mol. The molecule has 0 fully saturated rings. The van der Waals surface area contributed by atoms with Gasteiger partial charge < -0.3 is 15.4 Å². The third-order valence-corrected chi connectivity index (χ3v) is 3.92. The van der Waals surface area contributed by atoms with Gasteiger partial charge in [-0.25, -0.2) is 4.79 Å². The fraction of sp³-hybridized carbons (Fsp3) is 0. The van der Waals surface area contributed by atoms with Crippen molar-refractivity contribution in [3.8, 4) is 11.5 Å². The Hall–Kier alpha value is -3.05. The molecule has 3 aromatic carbocycles. The Labute approximate surface area is 160 Å². The Bertz CT molecular complexity index is 893. The molecule has 26 heavy (non-hydrogen) atoms. The second kappa shape index (κ2) is 8.87. The zero-order valence-corrected chi connectivity index (χ0v) is 15.4. The van der Waals surface area contributed by atoms with E-state index in [4.69, 9.17) is 4.74 Å². The quantitative estimate of drug-likeness (QED) is 0.540. The van der Waals surface area contributed by atoms with Gasteiger partial charge >= 0.3 is 6.03 Å². The van der Waals surface area contributed by atoms with Crippen molar-refractivity contribution in [2.75, 3.05) is 5.32 Å². The van der Waals surface area contributed by atoms with Crippen LogP contribution in [0.5, 0.6) is 11.5 Å². The van der Waals surface area contributed by atoms with Crippen LogP contribution in [-0.4, -0.2) is 6.03 Å². The molecule has 0 saturated carbocycles. The standard InChI is InChI=1S/C21H17BrN2O2/c22-17-6-4-5-16(15-17)13-14-23-21(25)24-18-9-11-20(12-10-18)26-19-7-2-1-3-8-19/h1-15H,(H2,23,24,25)/b14-13+. The smallest absolute Gasteiger partial charge is 0.323 e. The summed E-state index contributed by atoms with van der Waals surface area (Å²) in [4.78, 5) is 11.9. The molecule has 0 radical (unpaired) electrons. The Morgan fingerprint density at radius 3 is 2.35 bits per heavy atom. The van der Waals surface area contributed by atoms with Crippen molar-refractivity contribution in [3.63, 3.8) is 0 Å². The summed E-state index contributed by atoms with van der Waals surface area (Å²) in [5.41, 5.74) is 1.67. The monoisotopic (exact) mass is 408 g/mol.